The van der Waals surface area contributed by atoms with Gasteiger partial charge in [-0.05, 0) is 45.4 Å². The number of esters is 2. The molecule has 3 aliphatic rings. The van der Waals surface area contributed by atoms with E-state index in [4.69, 9.17) is 9.47 Å². The summed E-state index contributed by atoms with van der Waals surface area (Å²) in [6.07, 6.45) is 2.72. The number of carbonyl (C=O) groups is 5. The lowest BCUT2D eigenvalue weighted by atomic mass is 9.77. The van der Waals surface area contributed by atoms with E-state index in [9.17, 15) is 24.0 Å². The average molecular weight is 436 g/mol. The monoisotopic (exact) mass is 436 g/mol. The van der Waals surface area contributed by atoms with E-state index >= 15 is 0 Å². The molecular weight excluding hydrogens is 408 g/mol. The zero-order valence-electron chi connectivity index (χ0n) is 17.9. The van der Waals surface area contributed by atoms with E-state index in [0.717, 1.165) is 17.7 Å². The van der Waals surface area contributed by atoms with Gasteiger partial charge in [0.25, 0.3) is 5.91 Å². The van der Waals surface area contributed by atoms with Crippen molar-refractivity contribution in [3.63, 3.8) is 0 Å². The highest BCUT2D eigenvalue weighted by molar-refractivity contribution is 6.08. The van der Waals surface area contributed by atoms with Gasteiger partial charge in [0.15, 0.2) is 0 Å². The minimum Gasteiger partial charge on any atom is -0.463 e. The molecular formula is C20H28N4O7. The molecule has 1 saturated heterocycles. The molecule has 1 saturated carbocycles. The highest BCUT2D eigenvalue weighted by atomic mass is 16.5. The maximum absolute atomic E-state index is 12.8. The molecule has 3 N–H and O–H groups in total. The molecule has 31 heavy (non-hydrogen) atoms. The fourth-order valence-corrected chi connectivity index (χ4v) is 4.13. The SMILES string of the molecule is CCOC(=O)C1=C(COC(=O)CN2C(=O)NC3(CCC(C)CC3)C2=O)NC(=O)NC1C. The van der Waals surface area contributed by atoms with Crippen LogP contribution in [0.1, 0.15) is 46.5 Å². The number of nitrogens with one attached hydrogen (secondary N) is 3. The van der Waals surface area contributed by atoms with E-state index in [0.29, 0.717) is 18.8 Å². The van der Waals surface area contributed by atoms with Gasteiger partial charge in [0, 0.05) is 0 Å². The Bertz CT molecular complexity index is 829. The van der Waals surface area contributed by atoms with E-state index in [2.05, 4.69) is 22.9 Å². The Hall–Kier alpha value is -3.11. The molecule has 1 atom stereocenters. The molecule has 0 aromatic carbocycles. The van der Waals surface area contributed by atoms with Crippen LogP contribution in [-0.2, 0) is 23.9 Å². The Labute approximate surface area is 179 Å². The van der Waals surface area contributed by atoms with Crippen LogP contribution in [0.4, 0.5) is 9.59 Å². The fourth-order valence-electron chi connectivity index (χ4n) is 4.13. The molecule has 170 valence electrons. The second-order valence-corrected chi connectivity index (χ2v) is 8.18. The molecule has 1 aliphatic carbocycles. The van der Waals surface area contributed by atoms with Gasteiger partial charge >= 0.3 is 24.0 Å². The first-order valence-corrected chi connectivity index (χ1v) is 10.4. The standard InChI is InChI=1S/C20H28N4O7/c1-4-30-16(26)15-12(3)21-18(28)22-13(15)10-31-14(25)9-24-17(27)20(23-19(24)29)7-5-11(2)6-8-20/h11-12H,4-10H2,1-3H3,(H,23,29)(H2,21,22,28). The quantitative estimate of drug-likeness (QED) is 0.407. The van der Waals surface area contributed by atoms with E-state index in [-0.39, 0.29) is 17.9 Å². The number of hydrogen-bond acceptors (Lipinski definition) is 7. The van der Waals surface area contributed by atoms with Crippen LogP contribution in [0.25, 0.3) is 0 Å². The van der Waals surface area contributed by atoms with Gasteiger partial charge in [-0.25, -0.2) is 14.4 Å². The van der Waals surface area contributed by atoms with Crippen molar-refractivity contribution in [1.82, 2.24) is 20.9 Å². The minimum absolute atomic E-state index is 0.0954. The van der Waals surface area contributed by atoms with E-state index in [1.54, 1.807) is 13.8 Å². The van der Waals surface area contributed by atoms with Crippen LogP contribution in [0.5, 0.6) is 0 Å². The van der Waals surface area contributed by atoms with Crippen LogP contribution in [0.3, 0.4) is 0 Å². The molecule has 11 nitrogen and oxygen atoms in total. The van der Waals surface area contributed by atoms with Crippen LogP contribution in [0.15, 0.2) is 11.3 Å². The van der Waals surface area contributed by atoms with Crippen molar-refractivity contribution in [2.24, 2.45) is 5.92 Å². The van der Waals surface area contributed by atoms with E-state index in [1.807, 2.05) is 0 Å². The van der Waals surface area contributed by atoms with Crippen molar-refractivity contribution >= 4 is 29.9 Å². The number of carbonyl (C=O) groups excluding carboxylic acids is 5. The minimum atomic E-state index is -0.943. The number of urea groups is 2. The van der Waals surface area contributed by atoms with Crippen molar-refractivity contribution in [1.29, 1.82) is 0 Å². The van der Waals surface area contributed by atoms with Gasteiger partial charge in [-0.15, -0.1) is 0 Å². The Kier molecular flexibility index (Phi) is 6.51. The third kappa shape index (κ3) is 4.64. The van der Waals surface area contributed by atoms with Crippen LogP contribution in [-0.4, -0.2) is 66.1 Å². The second kappa shape index (κ2) is 8.94. The normalized spacial score (nSPS) is 28.2. The lowest BCUT2D eigenvalue weighted by Crippen LogP contribution is -2.50. The Morgan fingerprint density at radius 3 is 2.45 bits per heavy atom. The highest BCUT2D eigenvalue weighted by Gasteiger charge is 2.52. The lowest BCUT2D eigenvalue weighted by molar-refractivity contribution is -0.147. The third-order valence-corrected chi connectivity index (χ3v) is 5.90. The van der Waals surface area contributed by atoms with Crippen molar-refractivity contribution in [2.45, 2.75) is 58.0 Å². The van der Waals surface area contributed by atoms with Gasteiger partial charge in [-0.2, -0.15) is 0 Å². The third-order valence-electron chi connectivity index (χ3n) is 5.90. The zero-order chi connectivity index (χ0) is 22.8. The van der Waals surface area contributed by atoms with Gasteiger partial charge in [0.2, 0.25) is 0 Å². The maximum Gasteiger partial charge on any atom is 0.338 e. The highest BCUT2D eigenvalue weighted by Crippen LogP contribution is 2.36. The van der Waals surface area contributed by atoms with Gasteiger partial charge in [-0.3, -0.25) is 14.5 Å². The Balaban J connectivity index is 1.64. The summed E-state index contributed by atoms with van der Waals surface area (Å²) in [4.78, 5) is 62.4. The van der Waals surface area contributed by atoms with Crippen LogP contribution in [0.2, 0.25) is 0 Å². The van der Waals surface area contributed by atoms with Gasteiger partial charge < -0.3 is 25.4 Å². The molecule has 0 aromatic heterocycles. The molecule has 2 aliphatic heterocycles. The number of amides is 5. The maximum atomic E-state index is 12.8. The first-order valence-electron chi connectivity index (χ1n) is 10.4. The molecule has 2 heterocycles. The van der Waals surface area contributed by atoms with Gasteiger partial charge in [-0.1, -0.05) is 6.92 Å². The number of hydrogen-bond donors (Lipinski definition) is 3. The van der Waals surface area contributed by atoms with Crippen LogP contribution >= 0.6 is 0 Å². The topological polar surface area (TPSA) is 143 Å². The lowest BCUT2D eigenvalue weighted by Gasteiger charge is -2.33. The summed E-state index contributed by atoms with van der Waals surface area (Å²) >= 11 is 0. The van der Waals surface area contributed by atoms with Gasteiger partial charge in [0.05, 0.1) is 23.9 Å². The van der Waals surface area contributed by atoms with Crippen LogP contribution in [0, 0.1) is 5.92 Å². The van der Waals surface area contributed by atoms with E-state index < -0.39 is 54.6 Å². The van der Waals surface area contributed by atoms with Crippen LogP contribution < -0.4 is 16.0 Å². The average Bonchev–Trinajstić information content (AvgIpc) is 2.92. The summed E-state index contributed by atoms with van der Waals surface area (Å²) in [5.41, 5.74) is -0.709. The zero-order valence-corrected chi connectivity index (χ0v) is 17.9. The smallest absolute Gasteiger partial charge is 0.338 e. The first kappa shape index (κ1) is 22.6. The molecule has 11 heteroatoms. The summed E-state index contributed by atoms with van der Waals surface area (Å²) in [6, 6.07) is -1.80. The summed E-state index contributed by atoms with van der Waals surface area (Å²) < 4.78 is 10.2. The summed E-state index contributed by atoms with van der Waals surface area (Å²) in [6.45, 7) is 4.54. The van der Waals surface area contributed by atoms with Crippen molar-refractivity contribution in [3.8, 4) is 0 Å². The molecule has 2 fully saturated rings. The van der Waals surface area contributed by atoms with Crippen molar-refractivity contribution in [2.75, 3.05) is 19.8 Å². The molecule has 1 unspecified atom stereocenters. The summed E-state index contributed by atoms with van der Waals surface area (Å²) in [7, 11) is 0. The predicted octanol–water partition coefficient (Wildman–Crippen LogP) is 0.549. The molecule has 0 bridgehead atoms. The first-order chi connectivity index (χ1) is 14.7. The number of nitrogens with zero attached hydrogens (tertiary/aromatic N) is 1. The summed E-state index contributed by atoms with van der Waals surface area (Å²) in [5.74, 6) is -1.41. The number of ether oxygens (including phenoxy) is 2. The van der Waals surface area contributed by atoms with Gasteiger partial charge in [0.1, 0.15) is 18.7 Å². The number of rotatable bonds is 6. The molecule has 1 spiro atoms. The fraction of sp³-hybridized carbons (Fsp3) is 0.650. The molecule has 5 amide bonds. The molecule has 0 radical (unpaired) electrons. The molecule has 0 aromatic rings. The summed E-state index contributed by atoms with van der Waals surface area (Å²) in [5, 5.41) is 7.72. The molecule has 3 rings (SSSR count). The Morgan fingerprint density at radius 1 is 1.13 bits per heavy atom. The number of imide groups is 1. The van der Waals surface area contributed by atoms with Crippen molar-refractivity contribution in [3.05, 3.63) is 11.3 Å². The Morgan fingerprint density at radius 2 is 1.81 bits per heavy atom. The van der Waals surface area contributed by atoms with E-state index in [1.165, 1.54) is 0 Å². The van der Waals surface area contributed by atoms with Crippen molar-refractivity contribution < 1.29 is 33.4 Å². The predicted molar refractivity (Wildman–Crippen MR) is 106 cm³/mol. The largest absolute Gasteiger partial charge is 0.463 e. The second-order valence-electron chi connectivity index (χ2n) is 8.18.